The summed E-state index contributed by atoms with van der Waals surface area (Å²) in [5.41, 5.74) is 2.37. The molecule has 0 spiro atoms. The van der Waals surface area contributed by atoms with Crippen molar-refractivity contribution in [2.45, 2.75) is 38.0 Å². The minimum absolute atomic E-state index is 0.149. The summed E-state index contributed by atoms with van der Waals surface area (Å²) in [6.07, 6.45) is 1.72. The van der Waals surface area contributed by atoms with Gasteiger partial charge in [0.1, 0.15) is 5.75 Å². The highest BCUT2D eigenvalue weighted by molar-refractivity contribution is 9.10. The Kier molecular flexibility index (Phi) is 6.22. The van der Waals surface area contributed by atoms with Gasteiger partial charge in [-0.1, -0.05) is 26.0 Å². The average Bonchev–Trinajstić information content (AvgIpc) is 3.08. The van der Waals surface area contributed by atoms with Gasteiger partial charge >= 0.3 is 0 Å². The zero-order chi connectivity index (χ0) is 19.4. The lowest BCUT2D eigenvalue weighted by atomic mass is 9.74. The third-order valence-corrected chi connectivity index (χ3v) is 6.07. The van der Waals surface area contributed by atoms with Crippen molar-refractivity contribution in [1.29, 1.82) is 0 Å². The fraction of sp³-hybridized carbons (Fsp3) is 0.500. The summed E-state index contributed by atoms with van der Waals surface area (Å²) >= 11 is 3.50. The standard InChI is InChI=1S/C20H26BrN3O3/c1-13(2)17-16(21)18(24-23-17)19(25)22-12-20(8-10-27-11-9-20)14-4-6-15(26-3)7-5-14/h4-7,13H,8-12H2,1-3H3,(H,22,25)(H,23,24). The molecule has 2 aromatic rings. The normalized spacial score (nSPS) is 16.3. The van der Waals surface area contributed by atoms with Crippen LogP contribution in [0.1, 0.15) is 54.4 Å². The summed E-state index contributed by atoms with van der Waals surface area (Å²) < 4.78 is 11.6. The van der Waals surface area contributed by atoms with Crippen molar-refractivity contribution in [3.63, 3.8) is 0 Å². The van der Waals surface area contributed by atoms with E-state index in [0.717, 1.165) is 28.8 Å². The summed E-state index contributed by atoms with van der Waals surface area (Å²) in [6.45, 7) is 6.02. The van der Waals surface area contributed by atoms with Crippen LogP contribution < -0.4 is 10.1 Å². The first kappa shape index (κ1) is 19.9. The van der Waals surface area contributed by atoms with Crippen molar-refractivity contribution in [2.75, 3.05) is 26.9 Å². The largest absolute Gasteiger partial charge is 0.497 e. The number of amides is 1. The van der Waals surface area contributed by atoms with Crippen molar-refractivity contribution in [3.8, 4) is 5.75 Å². The lowest BCUT2D eigenvalue weighted by Crippen LogP contribution is -2.44. The molecule has 0 radical (unpaired) electrons. The summed E-state index contributed by atoms with van der Waals surface area (Å²) in [4.78, 5) is 12.7. The van der Waals surface area contributed by atoms with Crippen molar-refractivity contribution in [3.05, 3.63) is 45.7 Å². The van der Waals surface area contributed by atoms with Gasteiger partial charge in [0.05, 0.1) is 17.3 Å². The molecule has 1 fully saturated rings. The van der Waals surface area contributed by atoms with Gasteiger partial charge in [0.25, 0.3) is 5.91 Å². The second-order valence-corrected chi connectivity index (χ2v) is 8.05. The molecule has 7 heteroatoms. The molecule has 3 rings (SSSR count). The molecule has 1 aromatic carbocycles. The number of nitrogens with zero attached hydrogens (tertiary/aromatic N) is 1. The molecule has 0 atom stereocenters. The number of benzene rings is 1. The molecule has 146 valence electrons. The van der Waals surface area contributed by atoms with Crippen LogP contribution in [0.2, 0.25) is 0 Å². The highest BCUT2D eigenvalue weighted by atomic mass is 79.9. The van der Waals surface area contributed by atoms with Crippen molar-refractivity contribution in [2.24, 2.45) is 0 Å². The molecule has 1 saturated heterocycles. The van der Waals surface area contributed by atoms with Gasteiger partial charge in [-0.2, -0.15) is 5.10 Å². The number of carbonyl (C=O) groups is 1. The highest BCUT2D eigenvalue weighted by Crippen LogP contribution is 2.35. The minimum atomic E-state index is -0.176. The van der Waals surface area contributed by atoms with Gasteiger partial charge in [0.2, 0.25) is 0 Å². The molecule has 1 aliphatic heterocycles. The van der Waals surface area contributed by atoms with E-state index in [1.54, 1.807) is 7.11 Å². The van der Waals surface area contributed by atoms with E-state index >= 15 is 0 Å². The average molecular weight is 436 g/mol. The molecule has 6 nitrogen and oxygen atoms in total. The molecule has 1 amide bonds. The number of hydrogen-bond donors (Lipinski definition) is 2. The first-order chi connectivity index (χ1) is 13.0. The monoisotopic (exact) mass is 435 g/mol. The van der Waals surface area contributed by atoms with Crippen LogP contribution in [0.4, 0.5) is 0 Å². The van der Waals surface area contributed by atoms with Gasteiger partial charge in [-0.25, -0.2) is 0 Å². The van der Waals surface area contributed by atoms with E-state index in [9.17, 15) is 4.79 Å². The number of halogens is 1. The van der Waals surface area contributed by atoms with Crippen LogP contribution >= 0.6 is 15.9 Å². The van der Waals surface area contributed by atoms with Gasteiger partial charge in [-0.15, -0.1) is 0 Å². The molecule has 0 unspecified atom stereocenters. The molecule has 0 aliphatic carbocycles. The summed E-state index contributed by atoms with van der Waals surface area (Å²) in [5, 5.41) is 10.2. The van der Waals surface area contributed by atoms with Gasteiger partial charge < -0.3 is 14.8 Å². The Balaban J connectivity index is 1.78. The smallest absolute Gasteiger partial charge is 0.272 e. The number of rotatable bonds is 6. The van der Waals surface area contributed by atoms with Crippen molar-refractivity contribution < 1.29 is 14.3 Å². The highest BCUT2D eigenvalue weighted by Gasteiger charge is 2.35. The SMILES string of the molecule is COc1ccc(C2(CNC(=O)c3n[nH]c(C(C)C)c3Br)CCOCC2)cc1. The van der Waals surface area contributed by atoms with Crippen molar-refractivity contribution >= 4 is 21.8 Å². The number of methoxy groups -OCH3 is 1. The number of aromatic nitrogens is 2. The molecule has 2 N–H and O–H groups in total. The van der Waals surface area contributed by atoms with Gasteiger partial charge in [-0.05, 0) is 52.4 Å². The Morgan fingerprint density at radius 1 is 1.33 bits per heavy atom. The van der Waals surface area contributed by atoms with Crippen LogP contribution in [0.25, 0.3) is 0 Å². The maximum absolute atomic E-state index is 12.7. The number of nitrogens with one attached hydrogen (secondary N) is 2. The molecule has 0 saturated carbocycles. The Morgan fingerprint density at radius 2 is 2.00 bits per heavy atom. The van der Waals surface area contributed by atoms with Crippen LogP contribution in [0.15, 0.2) is 28.7 Å². The van der Waals surface area contributed by atoms with E-state index < -0.39 is 0 Å². The van der Waals surface area contributed by atoms with E-state index in [1.807, 2.05) is 12.1 Å². The van der Waals surface area contributed by atoms with Crippen molar-refractivity contribution in [1.82, 2.24) is 15.5 Å². The number of aromatic amines is 1. The fourth-order valence-corrected chi connectivity index (χ4v) is 4.30. The molecule has 0 bridgehead atoms. The van der Waals surface area contributed by atoms with Crippen LogP contribution in [-0.2, 0) is 10.2 Å². The lowest BCUT2D eigenvalue weighted by Gasteiger charge is -2.38. The van der Waals surface area contributed by atoms with Crippen LogP contribution in [0.3, 0.4) is 0 Å². The van der Waals surface area contributed by atoms with E-state index in [4.69, 9.17) is 9.47 Å². The molecule has 2 heterocycles. The van der Waals surface area contributed by atoms with E-state index in [0.29, 0.717) is 25.5 Å². The van der Waals surface area contributed by atoms with Gasteiger partial charge in [-0.3, -0.25) is 9.89 Å². The maximum Gasteiger partial charge on any atom is 0.272 e. The van der Waals surface area contributed by atoms with Crippen LogP contribution in [0.5, 0.6) is 5.75 Å². The third kappa shape index (κ3) is 4.19. The Labute approximate surface area is 168 Å². The Bertz CT molecular complexity index is 780. The third-order valence-electron chi connectivity index (χ3n) is 5.26. The molecular formula is C20H26BrN3O3. The summed E-state index contributed by atoms with van der Waals surface area (Å²) in [6, 6.07) is 8.09. The lowest BCUT2D eigenvalue weighted by molar-refractivity contribution is 0.0486. The van der Waals surface area contributed by atoms with E-state index in [2.05, 4.69) is 57.4 Å². The Morgan fingerprint density at radius 3 is 2.56 bits per heavy atom. The fourth-order valence-electron chi connectivity index (χ4n) is 3.48. The Hall–Kier alpha value is -1.86. The quantitative estimate of drug-likeness (QED) is 0.723. The zero-order valence-corrected chi connectivity index (χ0v) is 17.6. The number of carbonyl (C=O) groups excluding carboxylic acids is 1. The molecular weight excluding hydrogens is 410 g/mol. The summed E-state index contributed by atoms with van der Waals surface area (Å²) in [5.74, 6) is 0.908. The van der Waals surface area contributed by atoms with Gasteiger partial charge in [0, 0.05) is 25.2 Å². The van der Waals surface area contributed by atoms with E-state index in [1.165, 1.54) is 5.56 Å². The predicted octanol–water partition coefficient (Wildman–Crippen LogP) is 3.78. The topological polar surface area (TPSA) is 76.2 Å². The predicted molar refractivity (Wildman–Crippen MR) is 107 cm³/mol. The zero-order valence-electron chi connectivity index (χ0n) is 16.0. The molecule has 1 aliphatic rings. The number of hydrogen-bond acceptors (Lipinski definition) is 4. The van der Waals surface area contributed by atoms with Crippen LogP contribution in [0, 0.1) is 0 Å². The second-order valence-electron chi connectivity index (χ2n) is 7.26. The first-order valence-corrected chi connectivity index (χ1v) is 10.0. The summed E-state index contributed by atoms with van der Waals surface area (Å²) in [7, 11) is 1.66. The minimum Gasteiger partial charge on any atom is -0.497 e. The molecule has 27 heavy (non-hydrogen) atoms. The number of ether oxygens (including phenoxy) is 2. The molecule has 1 aromatic heterocycles. The van der Waals surface area contributed by atoms with Gasteiger partial charge in [0.15, 0.2) is 5.69 Å². The van der Waals surface area contributed by atoms with Crippen LogP contribution in [-0.4, -0.2) is 43.0 Å². The van der Waals surface area contributed by atoms with E-state index in [-0.39, 0.29) is 17.2 Å². The first-order valence-electron chi connectivity index (χ1n) is 9.21. The maximum atomic E-state index is 12.7. The second kappa shape index (κ2) is 8.44. The number of H-pyrrole nitrogens is 1.